The Balaban J connectivity index is 2.08. The van der Waals surface area contributed by atoms with E-state index in [1.165, 1.54) is 12.1 Å². The Bertz CT molecular complexity index is 385. The third kappa shape index (κ3) is 2.23. The van der Waals surface area contributed by atoms with Crippen LogP contribution in [0, 0.1) is 5.82 Å². The first-order valence-corrected chi connectivity index (χ1v) is 5.17. The molecule has 0 amide bonds. The van der Waals surface area contributed by atoms with Crippen LogP contribution in [0.25, 0.3) is 0 Å². The van der Waals surface area contributed by atoms with E-state index in [2.05, 4.69) is 0 Å². The fraction of sp³-hybridized carbons (Fsp3) is 0.417. The topological polar surface area (TPSA) is 43.1 Å². The lowest BCUT2D eigenvalue weighted by Crippen LogP contribution is -2.48. The van der Waals surface area contributed by atoms with Gasteiger partial charge in [-0.15, -0.1) is 0 Å². The molecular formula is C12H14FNO. The minimum atomic E-state index is -0.375. The second-order valence-electron chi connectivity index (χ2n) is 4.33. The number of carbonyl (C=O) groups is 1. The third-order valence-electron chi connectivity index (χ3n) is 3.01. The molecule has 0 heterocycles. The number of hydrogen-bond acceptors (Lipinski definition) is 2. The van der Waals surface area contributed by atoms with E-state index >= 15 is 0 Å². The highest BCUT2D eigenvalue weighted by Gasteiger charge is 2.34. The Hall–Kier alpha value is -1.22. The molecule has 2 nitrogen and oxygen atoms in total. The van der Waals surface area contributed by atoms with Gasteiger partial charge in [-0.3, -0.25) is 4.79 Å². The summed E-state index contributed by atoms with van der Waals surface area (Å²) in [6.45, 7) is 0. The molecule has 0 bridgehead atoms. The number of nitrogens with two attached hydrogens (primary N) is 1. The van der Waals surface area contributed by atoms with E-state index < -0.39 is 0 Å². The molecule has 0 aromatic heterocycles. The van der Waals surface area contributed by atoms with Crippen molar-refractivity contribution in [1.82, 2.24) is 0 Å². The first-order chi connectivity index (χ1) is 7.09. The average molecular weight is 207 g/mol. The van der Waals surface area contributed by atoms with Crippen LogP contribution in [-0.4, -0.2) is 11.3 Å². The fourth-order valence-electron chi connectivity index (χ4n) is 1.89. The van der Waals surface area contributed by atoms with E-state index in [4.69, 9.17) is 5.73 Å². The summed E-state index contributed by atoms with van der Waals surface area (Å²) in [6, 6.07) is 5.78. The molecule has 1 saturated carbocycles. The minimum Gasteiger partial charge on any atom is -0.325 e. The van der Waals surface area contributed by atoms with Crippen molar-refractivity contribution >= 4 is 5.78 Å². The Morgan fingerprint density at radius 2 is 2.20 bits per heavy atom. The molecule has 0 saturated heterocycles. The van der Waals surface area contributed by atoms with Crippen molar-refractivity contribution in [3.63, 3.8) is 0 Å². The lowest BCUT2D eigenvalue weighted by Gasteiger charge is -2.37. The number of halogens is 1. The van der Waals surface area contributed by atoms with Gasteiger partial charge in [-0.05, 0) is 31.4 Å². The summed E-state index contributed by atoms with van der Waals surface area (Å²) in [5.41, 5.74) is 6.06. The number of hydrogen-bond donors (Lipinski definition) is 1. The van der Waals surface area contributed by atoms with Crippen molar-refractivity contribution in [1.29, 1.82) is 0 Å². The first-order valence-electron chi connectivity index (χ1n) is 5.17. The Morgan fingerprint density at radius 3 is 2.73 bits per heavy atom. The Morgan fingerprint density at radius 1 is 1.47 bits per heavy atom. The summed E-state index contributed by atoms with van der Waals surface area (Å²) in [7, 11) is 0. The maximum atomic E-state index is 12.9. The standard InChI is InChI=1S/C12H14FNO/c13-10-4-1-3-9(7-10)11(15)8-12(14)5-2-6-12/h1,3-4,7H,2,5-6,8,14H2. The Kier molecular flexibility index (Phi) is 2.57. The van der Waals surface area contributed by atoms with E-state index in [1.54, 1.807) is 12.1 Å². The summed E-state index contributed by atoms with van der Waals surface area (Å²) in [5.74, 6) is -0.433. The molecule has 1 aliphatic rings. The molecule has 2 N–H and O–H groups in total. The zero-order valence-corrected chi connectivity index (χ0v) is 8.50. The van der Waals surface area contributed by atoms with Crippen LogP contribution in [0.4, 0.5) is 4.39 Å². The fourth-order valence-corrected chi connectivity index (χ4v) is 1.89. The van der Waals surface area contributed by atoms with E-state index in [9.17, 15) is 9.18 Å². The van der Waals surface area contributed by atoms with Crippen LogP contribution in [0.5, 0.6) is 0 Å². The van der Waals surface area contributed by atoms with Gasteiger partial charge < -0.3 is 5.73 Å². The van der Waals surface area contributed by atoms with Gasteiger partial charge in [-0.25, -0.2) is 4.39 Å². The average Bonchev–Trinajstić information content (AvgIpc) is 2.15. The molecule has 0 radical (unpaired) electrons. The number of Topliss-reactive ketones (excluding diaryl/α,β-unsaturated/α-hetero) is 1. The zero-order valence-electron chi connectivity index (χ0n) is 8.50. The second kappa shape index (κ2) is 3.74. The normalized spacial score (nSPS) is 18.3. The van der Waals surface area contributed by atoms with Crippen LogP contribution in [0.1, 0.15) is 36.0 Å². The maximum absolute atomic E-state index is 12.9. The molecule has 0 aliphatic heterocycles. The van der Waals surface area contributed by atoms with E-state index in [0.717, 1.165) is 19.3 Å². The van der Waals surface area contributed by atoms with Crippen LogP contribution in [0.2, 0.25) is 0 Å². The van der Waals surface area contributed by atoms with Gasteiger partial charge >= 0.3 is 0 Å². The predicted molar refractivity (Wildman–Crippen MR) is 56.1 cm³/mol. The molecule has 1 aromatic rings. The lowest BCUT2D eigenvalue weighted by molar-refractivity contribution is 0.0912. The monoisotopic (exact) mass is 207 g/mol. The van der Waals surface area contributed by atoms with Crippen LogP contribution in [-0.2, 0) is 0 Å². The van der Waals surface area contributed by atoms with Gasteiger partial charge in [0.2, 0.25) is 0 Å². The van der Waals surface area contributed by atoms with Crippen molar-refractivity contribution in [2.75, 3.05) is 0 Å². The highest BCUT2D eigenvalue weighted by atomic mass is 19.1. The lowest BCUT2D eigenvalue weighted by atomic mass is 9.74. The predicted octanol–water partition coefficient (Wildman–Crippen LogP) is 2.28. The summed E-state index contributed by atoms with van der Waals surface area (Å²) in [6.07, 6.45) is 3.21. The summed E-state index contributed by atoms with van der Waals surface area (Å²) in [4.78, 5) is 11.8. The van der Waals surface area contributed by atoms with Crippen LogP contribution in [0.3, 0.4) is 0 Å². The van der Waals surface area contributed by atoms with Gasteiger partial charge in [0.25, 0.3) is 0 Å². The second-order valence-corrected chi connectivity index (χ2v) is 4.33. The number of benzene rings is 1. The molecule has 2 rings (SSSR count). The number of carbonyl (C=O) groups excluding carboxylic acids is 1. The summed E-state index contributed by atoms with van der Waals surface area (Å²) < 4.78 is 12.9. The van der Waals surface area contributed by atoms with Crippen molar-refractivity contribution < 1.29 is 9.18 Å². The largest absolute Gasteiger partial charge is 0.325 e. The number of ketones is 1. The molecule has 0 atom stereocenters. The van der Waals surface area contributed by atoms with E-state index in [1.807, 2.05) is 0 Å². The number of rotatable bonds is 3. The first kappa shape index (κ1) is 10.3. The molecular weight excluding hydrogens is 193 g/mol. The van der Waals surface area contributed by atoms with Gasteiger partial charge in [0, 0.05) is 17.5 Å². The van der Waals surface area contributed by atoms with Crippen molar-refractivity contribution in [2.45, 2.75) is 31.2 Å². The highest BCUT2D eigenvalue weighted by Crippen LogP contribution is 2.33. The quantitative estimate of drug-likeness (QED) is 0.773. The van der Waals surface area contributed by atoms with E-state index in [-0.39, 0.29) is 17.1 Å². The zero-order chi connectivity index (χ0) is 10.9. The molecule has 0 spiro atoms. The molecule has 80 valence electrons. The highest BCUT2D eigenvalue weighted by molar-refractivity contribution is 5.96. The van der Waals surface area contributed by atoms with E-state index in [0.29, 0.717) is 12.0 Å². The van der Waals surface area contributed by atoms with Gasteiger partial charge in [-0.2, -0.15) is 0 Å². The molecule has 0 unspecified atom stereocenters. The molecule has 15 heavy (non-hydrogen) atoms. The maximum Gasteiger partial charge on any atom is 0.164 e. The van der Waals surface area contributed by atoms with Gasteiger partial charge in [0.15, 0.2) is 5.78 Å². The van der Waals surface area contributed by atoms with Crippen LogP contribution in [0.15, 0.2) is 24.3 Å². The van der Waals surface area contributed by atoms with Gasteiger partial charge in [0.1, 0.15) is 5.82 Å². The van der Waals surface area contributed by atoms with Crippen molar-refractivity contribution in [3.8, 4) is 0 Å². The van der Waals surface area contributed by atoms with Gasteiger partial charge in [-0.1, -0.05) is 12.1 Å². The van der Waals surface area contributed by atoms with Crippen molar-refractivity contribution in [3.05, 3.63) is 35.6 Å². The third-order valence-corrected chi connectivity index (χ3v) is 3.01. The molecule has 1 aliphatic carbocycles. The minimum absolute atomic E-state index is 0.0586. The molecule has 1 aromatic carbocycles. The van der Waals surface area contributed by atoms with Crippen molar-refractivity contribution in [2.24, 2.45) is 5.73 Å². The molecule has 1 fully saturated rings. The van der Waals surface area contributed by atoms with Crippen LogP contribution >= 0.6 is 0 Å². The summed E-state index contributed by atoms with van der Waals surface area (Å²) in [5, 5.41) is 0. The summed E-state index contributed by atoms with van der Waals surface area (Å²) >= 11 is 0. The Labute approximate surface area is 88.3 Å². The smallest absolute Gasteiger partial charge is 0.164 e. The molecule has 3 heteroatoms. The SMILES string of the molecule is NC1(CC(=O)c2cccc(F)c2)CCC1. The van der Waals surface area contributed by atoms with Gasteiger partial charge in [0.05, 0.1) is 0 Å². The van der Waals surface area contributed by atoms with Crippen LogP contribution < -0.4 is 5.73 Å².